The molecular formula is C21H30N4O3S. The third-order valence-electron chi connectivity index (χ3n) is 5.40. The number of carbonyl (C=O) groups is 1. The summed E-state index contributed by atoms with van der Waals surface area (Å²) < 4.78 is 10.7. The van der Waals surface area contributed by atoms with E-state index >= 15 is 0 Å². The predicted octanol–water partition coefficient (Wildman–Crippen LogP) is 4.15. The Morgan fingerprint density at radius 1 is 1.28 bits per heavy atom. The standard InChI is InChI=1S/C21H30N4O3S/c1-5-25(15-9-7-6-8-10-15)20(26)14(2)29-21-22-19(23-24-21)17-12-11-16(27-3)13-18(17)28-4/h11-15H,5-10H2,1-4H3,(H,22,23,24). The molecule has 2 aromatic rings. The number of benzene rings is 1. The summed E-state index contributed by atoms with van der Waals surface area (Å²) in [6.45, 7) is 4.74. The second-order valence-corrected chi connectivity index (χ2v) is 8.52. The molecule has 1 N–H and O–H groups in total. The Kier molecular flexibility index (Phi) is 7.41. The number of rotatable bonds is 8. The van der Waals surface area contributed by atoms with Crippen molar-refractivity contribution in [1.29, 1.82) is 0 Å². The third-order valence-corrected chi connectivity index (χ3v) is 6.35. The quantitative estimate of drug-likeness (QED) is 0.649. The Hall–Kier alpha value is -2.22. The first-order valence-electron chi connectivity index (χ1n) is 10.2. The zero-order chi connectivity index (χ0) is 20.8. The first-order valence-corrected chi connectivity index (χ1v) is 11.1. The minimum Gasteiger partial charge on any atom is -0.497 e. The van der Waals surface area contributed by atoms with E-state index in [1.54, 1.807) is 20.3 Å². The smallest absolute Gasteiger partial charge is 0.236 e. The van der Waals surface area contributed by atoms with E-state index in [1.807, 2.05) is 24.0 Å². The molecule has 1 fully saturated rings. The number of hydrogen-bond donors (Lipinski definition) is 1. The molecule has 1 amide bonds. The fraction of sp³-hybridized carbons (Fsp3) is 0.571. The van der Waals surface area contributed by atoms with E-state index in [9.17, 15) is 4.79 Å². The maximum Gasteiger partial charge on any atom is 0.236 e. The Labute approximate surface area is 176 Å². The molecule has 8 heteroatoms. The number of methoxy groups -OCH3 is 2. The van der Waals surface area contributed by atoms with E-state index in [4.69, 9.17) is 9.47 Å². The molecule has 7 nitrogen and oxygen atoms in total. The van der Waals surface area contributed by atoms with Crippen LogP contribution < -0.4 is 9.47 Å². The Balaban J connectivity index is 1.70. The number of hydrogen-bond acceptors (Lipinski definition) is 6. The molecular weight excluding hydrogens is 388 g/mol. The van der Waals surface area contributed by atoms with Crippen LogP contribution in [0.2, 0.25) is 0 Å². The van der Waals surface area contributed by atoms with Crippen LogP contribution in [0.1, 0.15) is 46.0 Å². The first-order chi connectivity index (χ1) is 14.1. The van der Waals surface area contributed by atoms with Gasteiger partial charge in [-0.15, -0.1) is 5.10 Å². The highest BCUT2D eigenvalue weighted by Crippen LogP contribution is 2.33. The van der Waals surface area contributed by atoms with Crippen LogP contribution >= 0.6 is 11.8 Å². The van der Waals surface area contributed by atoms with Gasteiger partial charge in [-0.05, 0) is 38.8 Å². The summed E-state index contributed by atoms with van der Waals surface area (Å²) in [5.41, 5.74) is 0.795. The van der Waals surface area contributed by atoms with Gasteiger partial charge < -0.3 is 14.4 Å². The molecule has 0 spiro atoms. The van der Waals surface area contributed by atoms with E-state index in [2.05, 4.69) is 22.1 Å². The summed E-state index contributed by atoms with van der Waals surface area (Å²) in [7, 11) is 3.22. The maximum atomic E-state index is 13.0. The van der Waals surface area contributed by atoms with E-state index < -0.39 is 0 Å². The summed E-state index contributed by atoms with van der Waals surface area (Å²) in [6.07, 6.45) is 5.92. The average molecular weight is 419 g/mol. The summed E-state index contributed by atoms with van der Waals surface area (Å²) in [5, 5.41) is 7.57. The number of ether oxygens (including phenoxy) is 2. The van der Waals surface area contributed by atoms with Gasteiger partial charge in [-0.1, -0.05) is 31.0 Å². The number of nitrogens with one attached hydrogen (secondary N) is 1. The lowest BCUT2D eigenvalue weighted by Gasteiger charge is -2.35. The molecule has 1 atom stereocenters. The summed E-state index contributed by atoms with van der Waals surface area (Å²) in [4.78, 5) is 19.6. The molecule has 158 valence electrons. The van der Waals surface area contributed by atoms with Crippen LogP contribution in [-0.2, 0) is 4.79 Å². The molecule has 1 saturated carbocycles. The average Bonchev–Trinajstić information content (AvgIpc) is 3.22. The zero-order valence-electron chi connectivity index (χ0n) is 17.6. The molecule has 3 rings (SSSR count). The molecule has 0 saturated heterocycles. The number of thioether (sulfide) groups is 1. The van der Waals surface area contributed by atoms with Gasteiger partial charge >= 0.3 is 0 Å². The van der Waals surface area contributed by atoms with Gasteiger partial charge in [0.25, 0.3) is 0 Å². The Morgan fingerprint density at radius 2 is 2.03 bits per heavy atom. The molecule has 1 aliphatic carbocycles. The normalized spacial score (nSPS) is 15.7. The van der Waals surface area contributed by atoms with Gasteiger partial charge in [0.2, 0.25) is 11.1 Å². The van der Waals surface area contributed by atoms with Crippen molar-refractivity contribution in [2.45, 2.75) is 62.4 Å². The van der Waals surface area contributed by atoms with Gasteiger partial charge in [-0.2, -0.15) is 0 Å². The van der Waals surface area contributed by atoms with Crippen LogP contribution in [0.5, 0.6) is 11.5 Å². The third kappa shape index (κ3) is 5.04. The molecule has 1 unspecified atom stereocenters. The maximum absolute atomic E-state index is 13.0. The fourth-order valence-corrected chi connectivity index (χ4v) is 4.64. The monoisotopic (exact) mass is 418 g/mol. The molecule has 1 heterocycles. The van der Waals surface area contributed by atoms with Crippen molar-refractivity contribution in [3.63, 3.8) is 0 Å². The number of aromatic nitrogens is 3. The predicted molar refractivity (Wildman–Crippen MR) is 115 cm³/mol. The van der Waals surface area contributed by atoms with Gasteiger partial charge in [0, 0.05) is 18.7 Å². The number of amides is 1. The molecule has 0 radical (unpaired) electrons. The van der Waals surface area contributed by atoms with Crippen molar-refractivity contribution in [3.8, 4) is 22.9 Å². The highest BCUT2D eigenvalue weighted by Gasteiger charge is 2.28. The van der Waals surface area contributed by atoms with Gasteiger partial charge in [-0.25, -0.2) is 4.98 Å². The van der Waals surface area contributed by atoms with Crippen molar-refractivity contribution in [3.05, 3.63) is 18.2 Å². The number of aromatic amines is 1. The topological polar surface area (TPSA) is 80.3 Å². The van der Waals surface area contributed by atoms with Crippen molar-refractivity contribution in [2.75, 3.05) is 20.8 Å². The van der Waals surface area contributed by atoms with Gasteiger partial charge in [0.05, 0.1) is 25.0 Å². The van der Waals surface area contributed by atoms with Crippen molar-refractivity contribution in [2.24, 2.45) is 0 Å². The molecule has 1 aromatic carbocycles. The van der Waals surface area contributed by atoms with E-state index in [0.29, 0.717) is 28.5 Å². The SMILES string of the molecule is CCN(C(=O)C(C)Sc1n[nH]c(-c2ccc(OC)cc2OC)n1)C1CCCCC1. The lowest BCUT2D eigenvalue weighted by molar-refractivity contribution is -0.133. The molecule has 29 heavy (non-hydrogen) atoms. The molecule has 0 bridgehead atoms. The van der Waals surface area contributed by atoms with E-state index in [-0.39, 0.29) is 11.2 Å². The van der Waals surface area contributed by atoms with E-state index in [0.717, 1.165) is 24.9 Å². The van der Waals surface area contributed by atoms with Gasteiger partial charge in [0.1, 0.15) is 11.5 Å². The largest absolute Gasteiger partial charge is 0.497 e. The summed E-state index contributed by atoms with van der Waals surface area (Å²) in [5.74, 6) is 2.13. The lowest BCUT2D eigenvalue weighted by atomic mass is 9.94. The summed E-state index contributed by atoms with van der Waals surface area (Å²) >= 11 is 1.39. The van der Waals surface area contributed by atoms with Crippen LogP contribution in [0.3, 0.4) is 0 Å². The minimum absolute atomic E-state index is 0.165. The lowest BCUT2D eigenvalue weighted by Crippen LogP contribution is -2.44. The van der Waals surface area contributed by atoms with Crippen LogP contribution in [0, 0.1) is 0 Å². The molecule has 0 aliphatic heterocycles. The minimum atomic E-state index is -0.238. The second kappa shape index (κ2) is 10.0. The Bertz CT molecular complexity index is 820. The number of carbonyl (C=O) groups excluding carboxylic acids is 1. The van der Waals surface area contributed by atoms with Crippen LogP contribution in [0.4, 0.5) is 0 Å². The highest BCUT2D eigenvalue weighted by molar-refractivity contribution is 8.00. The fourth-order valence-electron chi connectivity index (χ4n) is 3.84. The zero-order valence-corrected chi connectivity index (χ0v) is 18.4. The van der Waals surface area contributed by atoms with Crippen LogP contribution in [0.15, 0.2) is 23.4 Å². The first kappa shape index (κ1) is 21.5. The van der Waals surface area contributed by atoms with Crippen molar-refractivity contribution >= 4 is 17.7 Å². The van der Waals surface area contributed by atoms with Gasteiger partial charge in [0.15, 0.2) is 5.82 Å². The number of H-pyrrole nitrogens is 1. The van der Waals surface area contributed by atoms with E-state index in [1.165, 1.54) is 31.0 Å². The second-order valence-electron chi connectivity index (χ2n) is 7.21. The van der Waals surface area contributed by atoms with Crippen molar-refractivity contribution < 1.29 is 14.3 Å². The van der Waals surface area contributed by atoms with Gasteiger partial charge in [-0.3, -0.25) is 9.89 Å². The molecule has 1 aliphatic rings. The highest BCUT2D eigenvalue weighted by atomic mass is 32.2. The summed E-state index contributed by atoms with van der Waals surface area (Å²) in [6, 6.07) is 5.90. The number of nitrogens with zero attached hydrogens (tertiary/aromatic N) is 3. The van der Waals surface area contributed by atoms with Crippen LogP contribution in [-0.4, -0.2) is 58.0 Å². The molecule has 1 aromatic heterocycles. The Morgan fingerprint density at radius 3 is 2.69 bits per heavy atom. The van der Waals surface area contributed by atoms with Crippen LogP contribution in [0.25, 0.3) is 11.4 Å². The van der Waals surface area contributed by atoms with Crippen molar-refractivity contribution in [1.82, 2.24) is 20.1 Å².